The number of nitrogens with two attached hydrogens (primary N) is 1. The summed E-state index contributed by atoms with van der Waals surface area (Å²) in [5.41, 5.74) is 7.62. The van der Waals surface area contributed by atoms with Gasteiger partial charge in [0.25, 0.3) is 0 Å². The lowest BCUT2D eigenvalue weighted by atomic mass is 9.84. The molecule has 2 bridgehead atoms. The number of rotatable bonds is 7. The molecule has 1 aromatic rings. The monoisotopic (exact) mass is 336 g/mol. The highest BCUT2D eigenvalue weighted by atomic mass is 35.5. The lowest BCUT2D eigenvalue weighted by molar-refractivity contribution is -0.127. The largest absolute Gasteiger partial charge is 0.356 e. The van der Waals surface area contributed by atoms with Crippen molar-refractivity contribution >= 4 is 18.3 Å². The molecule has 128 valence electrons. The molecule has 0 saturated heterocycles. The number of fused-ring (bicyclic) bond motifs is 2. The Morgan fingerprint density at radius 1 is 1.09 bits per heavy atom. The second-order valence-corrected chi connectivity index (χ2v) is 7.02. The van der Waals surface area contributed by atoms with Gasteiger partial charge in [-0.1, -0.05) is 36.8 Å². The maximum Gasteiger partial charge on any atom is 0.224 e. The van der Waals surface area contributed by atoms with Gasteiger partial charge in [-0.2, -0.15) is 0 Å². The van der Waals surface area contributed by atoms with E-state index in [1.165, 1.54) is 31.2 Å². The van der Waals surface area contributed by atoms with Gasteiger partial charge in [0.05, 0.1) is 5.92 Å². The smallest absolute Gasteiger partial charge is 0.224 e. The number of carbonyl (C=O) groups is 1. The second kappa shape index (κ2) is 8.70. The number of hydrogen-bond acceptors (Lipinski definition) is 2. The zero-order valence-corrected chi connectivity index (χ0v) is 14.6. The molecule has 0 heterocycles. The molecule has 1 aromatic carbocycles. The van der Waals surface area contributed by atoms with Gasteiger partial charge < -0.3 is 11.1 Å². The predicted octanol–water partition coefficient (Wildman–Crippen LogP) is 3.31. The fraction of sp³-hybridized carbons (Fsp3) is 0.632. The Bertz CT molecular complexity index is 491. The first-order chi connectivity index (χ1) is 10.8. The molecule has 3 nitrogen and oxygen atoms in total. The Morgan fingerprint density at radius 2 is 1.83 bits per heavy atom. The molecule has 4 unspecified atom stereocenters. The van der Waals surface area contributed by atoms with Gasteiger partial charge in [0, 0.05) is 12.6 Å². The van der Waals surface area contributed by atoms with E-state index in [1.54, 1.807) is 0 Å². The predicted molar refractivity (Wildman–Crippen MR) is 96.6 cm³/mol. The van der Waals surface area contributed by atoms with E-state index in [-0.39, 0.29) is 30.3 Å². The van der Waals surface area contributed by atoms with Crippen LogP contribution in [0.2, 0.25) is 0 Å². The number of halogens is 1. The van der Waals surface area contributed by atoms with Gasteiger partial charge in [-0.25, -0.2) is 0 Å². The summed E-state index contributed by atoms with van der Waals surface area (Å²) in [6.45, 7) is 0.800. The van der Waals surface area contributed by atoms with Crippen LogP contribution in [0.4, 0.5) is 0 Å². The first-order valence-corrected chi connectivity index (χ1v) is 8.83. The van der Waals surface area contributed by atoms with Crippen LogP contribution in [-0.4, -0.2) is 18.5 Å². The summed E-state index contributed by atoms with van der Waals surface area (Å²) in [7, 11) is 0. The van der Waals surface area contributed by atoms with Crippen molar-refractivity contribution in [1.29, 1.82) is 0 Å². The van der Waals surface area contributed by atoms with E-state index in [1.807, 2.05) is 0 Å². The van der Waals surface area contributed by atoms with Crippen LogP contribution >= 0.6 is 12.4 Å². The average molecular weight is 337 g/mol. The van der Waals surface area contributed by atoms with Gasteiger partial charge >= 0.3 is 0 Å². The summed E-state index contributed by atoms with van der Waals surface area (Å²) in [4.78, 5) is 12.3. The van der Waals surface area contributed by atoms with Gasteiger partial charge in [0.1, 0.15) is 0 Å². The Morgan fingerprint density at radius 3 is 2.52 bits per heavy atom. The van der Waals surface area contributed by atoms with Crippen molar-refractivity contribution < 1.29 is 4.79 Å². The summed E-state index contributed by atoms with van der Waals surface area (Å²) in [5, 5.41) is 3.12. The SMILES string of the molecule is Cl.NC1C2CCC(C2)C1C(=O)NCCCCCc1ccccc1. The third kappa shape index (κ3) is 4.48. The first-order valence-electron chi connectivity index (χ1n) is 8.83. The van der Waals surface area contributed by atoms with Crippen molar-refractivity contribution in [2.24, 2.45) is 23.5 Å². The average Bonchev–Trinajstić information content (AvgIpc) is 3.12. The number of nitrogens with one attached hydrogen (secondary N) is 1. The van der Waals surface area contributed by atoms with Gasteiger partial charge in [0.2, 0.25) is 5.91 Å². The zero-order chi connectivity index (χ0) is 15.4. The fourth-order valence-corrected chi connectivity index (χ4v) is 4.33. The Labute approximate surface area is 145 Å². The number of benzene rings is 1. The topological polar surface area (TPSA) is 55.1 Å². The third-order valence-corrected chi connectivity index (χ3v) is 5.57. The van der Waals surface area contributed by atoms with Gasteiger partial charge in [-0.3, -0.25) is 4.79 Å². The van der Waals surface area contributed by atoms with Crippen LogP contribution in [0.25, 0.3) is 0 Å². The van der Waals surface area contributed by atoms with Crippen LogP contribution in [0.5, 0.6) is 0 Å². The minimum atomic E-state index is 0. The molecular weight excluding hydrogens is 308 g/mol. The van der Waals surface area contributed by atoms with Crippen LogP contribution in [0, 0.1) is 17.8 Å². The maximum atomic E-state index is 12.3. The summed E-state index contributed by atoms with van der Waals surface area (Å²) in [6, 6.07) is 10.7. The van der Waals surface area contributed by atoms with E-state index in [4.69, 9.17) is 5.73 Å². The lowest BCUT2D eigenvalue weighted by Crippen LogP contribution is -2.45. The molecule has 2 aliphatic carbocycles. The van der Waals surface area contributed by atoms with E-state index in [0.29, 0.717) is 11.8 Å². The summed E-state index contributed by atoms with van der Waals surface area (Å²) in [6.07, 6.45) is 8.16. The summed E-state index contributed by atoms with van der Waals surface area (Å²) < 4.78 is 0. The van der Waals surface area contributed by atoms with Crippen molar-refractivity contribution in [3.05, 3.63) is 35.9 Å². The minimum Gasteiger partial charge on any atom is -0.356 e. The van der Waals surface area contributed by atoms with E-state index in [2.05, 4.69) is 35.6 Å². The lowest BCUT2D eigenvalue weighted by Gasteiger charge is -2.27. The Kier molecular flexibility index (Phi) is 6.91. The number of hydrogen-bond donors (Lipinski definition) is 2. The maximum absolute atomic E-state index is 12.3. The molecule has 0 spiro atoms. The van der Waals surface area contributed by atoms with Crippen molar-refractivity contribution in [3.8, 4) is 0 Å². The second-order valence-electron chi connectivity index (χ2n) is 7.02. The molecule has 2 fully saturated rings. The molecule has 0 aromatic heterocycles. The molecule has 1 amide bonds. The fourth-order valence-electron chi connectivity index (χ4n) is 4.33. The van der Waals surface area contributed by atoms with Crippen molar-refractivity contribution in [3.63, 3.8) is 0 Å². The van der Waals surface area contributed by atoms with Crippen molar-refractivity contribution in [2.75, 3.05) is 6.54 Å². The minimum absolute atomic E-state index is 0. The molecule has 3 rings (SSSR count). The van der Waals surface area contributed by atoms with Crippen LogP contribution < -0.4 is 11.1 Å². The van der Waals surface area contributed by atoms with E-state index >= 15 is 0 Å². The third-order valence-electron chi connectivity index (χ3n) is 5.57. The molecule has 4 heteroatoms. The number of amides is 1. The Hall–Kier alpha value is -1.06. The summed E-state index contributed by atoms with van der Waals surface area (Å²) >= 11 is 0. The van der Waals surface area contributed by atoms with Crippen molar-refractivity contribution in [1.82, 2.24) is 5.32 Å². The molecule has 23 heavy (non-hydrogen) atoms. The van der Waals surface area contributed by atoms with Crippen molar-refractivity contribution in [2.45, 2.75) is 51.0 Å². The molecule has 0 radical (unpaired) electrons. The Balaban J connectivity index is 0.00000192. The van der Waals surface area contributed by atoms with E-state index in [9.17, 15) is 4.79 Å². The van der Waals surface area contributed by atoms with Gasteiger partial charge in [0.15, 0.2) is 0 Å². The highest BCUT2D eigenvalue weighted by Crippen LogP contribution is 2.47. The molecule has 3 N–H and O–H groups in total. The molecule has 2 saturated carbocycles. The quantitative estimate of drug-likeness (QED) is 0.750. The number of aryl methyl sites for hydroxylation is 1. The zero-order valence-electron chi connectivity index (χ0n) is 13.7. The summed E-state index contributed by atoms with van der Waals surface area (Å²) in [5.74, 6) is 1.45. The van der Waals surface area contributed by atoms with E-state index < -0.39 is 0 Å². The van der Waals surface area contributed by atoms with Crippen LogP contribution in [0.1, 0.15) is 44.1 Å². The van der Waals surface area contributed by atoms with Crippen LogP contribution in [0.3, 0.4) is 0 Å². The molecular formula is C19H29ClN2O. The molecule has 4 atom stereocenters. The first kappa shape index (κ1) is 18.3. The molecule has 2 aliphatic rings. The highest BCUT2D eigenvalue weighted by Gasteiger charge is 2.48. The highest BCUT2D eigenvalue weighted by molar-refractivity contribution is 5.85. The number of carbonyl (C=O) groups excluding carboxylic acids is 1. The van der Waals surface area contributed by atoms with Crippen LogP contribution in [-0.2, 0) is 11.2 Å². The number of unbranched alkanes of at least 4 members (excludes halogenated alkanes) is 2. The van der Waals surface area contributed by atoms with Gasteiger partial charge in [-0.05, 0) is 55.9 Å². The normalized spacial score (nSPS) is 28.4. The molecule has 0 aliphatic heterocycles. The van der Waals surface area contributed by atoms with Gasteiger partial charge in [-0.15, -0.1) is 12.4 Å². The van der Waals surface area contributed by atoms with E-state index in [0.717, 1.165) is 25.8 Å². The van der Waals surface area contributed by atoms with Crippen LogP contribution in [0.15, 0.2) is 30.3 Å². The standard InChI is InChI=1S/C19H28N2O.ClH/c20-18-16-11-10-15(13-16)17(18)19(22)21-12-6-2-5-9-14-7-3-1-4-8-14;/h1,3-4,7-8,15-18H,2,5-6,9-13,20H2,(H,21,22);1H.